The third-order valence-corrected chi connectivity index (χ3v) is 9.48. The number of sulfonamides is 1. The topological polar surface area (TPSA) is 117 Å². The predicted octanol–water partition coefficient (Wildman–Crippen LogP) is 4.74. The number of hydrogen-bond donors (Lipinski definition) is 2. The van der Waals surface area contributed by atoms with Crippen LogP contribution in [0, 0.1) is 11.6 Å². The molecule has 1 aliphatic rings. The molecule has 2 N–H and O–H groups in total. The van der Waals surface area contributed by atoms with Crippen LogP contribution in [-0.2, 0) is 20.8 Å². The van der Waals surface area contributed by atoms with Gasteiger partial charge in [0.25, 0.3) is 10.0 Å². The summed E-state index contributed by atoms with van der Waals surface area (Å²) >= 11 is 1.47. The van der Waals surface area contributed by atoms with E-state index < -0.39 is 37.4 Å². The first-order chi connectivity index (χ1) is 19.2. The van der Waals surface area contributed by atoms with Crippen molar-refractivity contribution in [2.24, 2.45) is 0 Å². The molecule has 0 bridgehead atoms. The maximum absolute atomic E-state index is 14.2. The van der Waals surface area contributed by atoms with Crippen molar-refractivity contribution in [3.8, 4) is 21.8 Å². The number of anilines is 3. The molecule has 9 nitrogen and oxygen atoms in total. The Morgan fingerprint density at radius 1 is 1.05 bits per heavy atom. The molecule has 40 heavy (non-hydrogen) atoms. The van der Waals surface area contributed by atoms with Gasteiger partial charge in [-0.25, -0.2) is 32.2 Å². The summed E-state index contributed by atoms with van der Waals surface area (Å²) < 4.78 is 67.9. The summed E-state index contributed by atoms with van der Waals surface area (Å²) in [5.74, 6) is -1.52. The van der Waals surface area contributed by atoms with E-state index >= 15 is 0 Å². The van der Waals surface area contributed by atoms with Crippen molar-refractivity contribution in [2.75, 3.05) is 46.6 Å². The number of aromatic nitrogens is 3. The second kappa shape index (κ2) is 11.9. The second-order valence-corrected chi connectivity index (χ2v) is 13.2. The standard InChI is InChI=1S/C26H26F2N6O3S3/c1-39(35)15-12-30-25-29-11-10-21(31-25)23-22(32-26(38-23)34-13-2-3-14-34)17-6-4-7-18(16-17)33-40(36,37)24-19(27)8-5-9-20(24)28/h4-11,16,33H,2-3,12-15H2,1H3,(H,29,30,31). The number of nitrogens with one attached hydrogen (secondary N) is 2. The summed E-state index contributed by atoms with van der Waals surface area (Å²) in [6.45, 7) is 2.21. The van der Waals surface area contributed by atoms with Gasteiger partial charge in [0.2, 0.25) is 5.95 Å². The zero-order chi connectivity index (χ0) is 28.3. The van der Waals surface area contributed by atoms with Crippen LogP contribution >= 0.6 is 11.3 Å². The minimum atomic E-state index is -4.54. The number of thiazole rings is 1. The highest BCUT2D eigenvalue weighted by Crippen LogP contribution is 2.41. The highest BCUT2D eigenvalue weighted by atomic mass is 32.2. The molecule has 0 saturated carbocycles. The Hall–Kier alpha value is -3.49. The molecule has 0 spiro atoms. The third kappa shape index (κ3) is 6.29. The summed E-state index contributed by atoms with van der Waals surface area (Å²) in [5.41, 5.74) is 1.93. The lowest BCUT2D eigenvalue weighted by Gasteiger charge is -2.12. The lowest BCUT2D eigenvalue weighted by Crippen LogP contribution is -2.17. The minimum absolute atomic E-state index is 0.124. The molecule has 1 aliphatic heterocycles. The van der Waals surface area contributed by atoms with Crippen LogP contribution in [0.3, 0.4) is 0 Å². The average molecular weight is 605 g/mol. The van der Waals surface area contributed by atoms with Crippen LogP contribution < -0.4 is 14.9 Å². The van der Waals surface area contributed by atoms with Gasteiger partial charge in [0.1, 0.15) is 11.6 Å². The molecule has 1 unspecified atom stereocenters. The van der Waals surface area contributed by atoms with E-state index in [0.717, 1.165) is 54.1 Å². The Kier molecular flexibility index (Phi) is 8.38. The normalized spacial score (nSPS) is 14.3. The van der Waals surface area contributed by atoms with Crippen LogP contribution in [-0.4, -0.2) is 59.2 Å². The lowest BCUT2D eigenvalue weighted by atomic mass is 10.1. The Labute approximate surface area is 237 Å². The molecule has 4 aromatic rings. The van der Waals surface area contributed by atoms with Gasteiger partial charge in [0, 0.05) is 59.9 Å². The first-order valence-electron chi connectivity index (χ1n) is 12.4. The molecule has 1 atom stereocenters. The summed E-state index contributed by atoms with van der Waals surface area (Å²) in [5, 5.41) is 3.90. The monoisotopic (exact) mass is 604 g/mol. The molecule has 1 saturated heterocycles. The number of hydrogen-bond acceptors (Lipinski definition) is 9. The first kappa shape index (κ1) is 28.1. The van der Waals surface area contributed by atoms with Crippen LogP contribution in [0.15, 0.2) is 59.6 Å². The first-order valence-corrected chi connectivity index (χ1v) is 16.4. The van der Waals surface area contributed by atoms with E-state index in [1.165, 1.54) is 17.4 Å². The Balaban J connectivity index is 1.51. The third-order valence-electron chi connectivity index (χ3n) is 6.13. The fourth-order valence-electron chi connectivity index (χ4n) is 4.27. The van der Waals surface area contributed by atoms with E-state index in [0.29, 0.717) is 35.2 Å². The number of nitrogens with zero attached hydrogens (tertiary/aromatic N) is 4. The largest absolute Gasteiger partial charge is 0.353 e. The zero-order valence-electron chi connectivity index (χ0n) is 21.4. The van der Waals surface area contributed by atoms with Gasteiger partial charge in [-0.15, -0.1) is 0 Å². The fraction of sp³-hybridized carbons (Fsp3) is 0.269. The lowest BCUT2D eigenvalue weighted by molar-refractivity contribution is 0.521. The molecule has 210 valence electrons. The van der Waals surface area contributed by atoms with Crippen molar-refractivity contribution in [3.05, 3.63) is 66.4 Å². The summed E-state index contributed by atoms with van der Waals surface area (Å²) in [4.78, 5) is 15.7. The Morgan fingerprint density at radius 2 is 1.77 bits per heavy atom. The number of benzene rings is 2. The second-order valence-electron chi connectivity index (χ2n) is 9.07. The molecule has 3 heterocycles. The highest BCUT2D eigenvalue weighted by molar-refractivity contribution is 7.92. The van der Waals surface area contributed by atoms with Crippen LogP contribution in [0.25, 0.3) is 21.8 Å². The fourth-order valence-corrected chi connectivity index (χ4v) is 6.96. The van der Waals surface area contributed by atoms with Crippen LogP contribution in [0.5, 0.6) is 0 Å². The molecule has 1 fully saturated rings. The number of halogens is 2. The SMILES string of the molecule is CS(=O)CCNc1nccc(-c2sc(N3CCCC3)nc2-c2cccc(NS(=O)(=O)c3c(F)cccc3F)c2)n1. The molecule has 14 heteroatoms. The maximum atomic E-state index is 14.2. The van der Waals surface area contributed by atoms with E-state index in [1.807, 2.05) is 0 Å². The number of rotatable bonds is 10. The molecular weight excluding hydrogens is 579 g/mol. The van der Waals surface area contributed by atoms with Crippen molar-refractivity contribution >= 4 is 48.9 Å². The molecule has 0 radical (unpaired) electrons. The maximum Gasteiger partial charge on any atom is 0.267 e. The van der Waals surface area contributed by atoms with Gasteiger partial charge in [0.05, 0.1) is 16.3 Å². The molecule has 2 aromatic heterocycles. The molecular formula is C26H26F2N6O3S3. The average Bonchev–Trinajstić information content (AvgIpc) is 3.59. The smallest absolute Gasteiger partial charge is 0.267 e. The predicted molar refractivity (Wildman–Crippen MR) is 155 cm³/mol. The van der Waals surface area contributed by atoms with Crippen LogP contribution in [0.4, 0.5) is 25.5 Å². The van der Waals surface area contributed by atoms with Gasteiger partial charge in [-0.3, -0.25) is 8.93 Å². The van der Waals surface area contributed by atoms with Crippen LogP contribution in [0.1, 0.15) is 12.8 Å². The molecule has 2 aromatic carbocycles. The van der Waals surface area contributed by atoms with E-state index in [1.54, 1.807) is 36.7 Å². The van der Waals surface area contributed by atoms with Gasteiger partial charge < -0.3 is 10.2 Å². The molecule has 0 aliphatic carbocycles. The zero-order valence-corrected chi connectivity index (χ0v) is 23.9. The van der Waals surface area contributed by atoms with E-state index in [-0.39, 0.29) is 5.69 Å². The van der Waals surface area contributed by atoms with E-state index in [2.05, 4.69) is 24.9 Å². The van der Waals surface area contributed by atoms with Crippen molar-refractivity contribution in [1.29, 1.82) is 0 Å². The van der Waals surface area contributed by atoms with Gasteiger partial charge in [-0.1, -0.05) is 29.5 Å². The van der Waals surface area contributed by atoms with E-state index in [9.17, 15) is 21.4 Å². The highest BCUT2D eigenvalue weighted by Gasteiger charge is 2.25. The van der Waals surface area contributed by atoms with Crippen molar-refractivity contribution < 1.29 is 21.4 Å². The summed E-state index contributed by atoms with van der Waals surface area (Å²) in [6.07, 6.45) is 5.38. The summed E-state index contributed by atoms with van der Waals surface area (Å²) in [6, 6.07) is 11.1. The van der Waals surface area contributed by atoms with Crippen molar-refractivity contribution in [3.63, 3.8) is 0 Å². The van der Waals surface area contributed by atoms with Crippen molar-refractivity contribution in [2.45, 2.75) is 17.7 Å². The van der Waals surface area contributed by atoms with Crippen LogP contribution in [0.2, 0.25) is 0 Å². The molecule has 5 rings (SSSR count). The Bertz CT molecular complexity index is 1640. The Morgan fingerprint density at radius 3 is 2.50 bits per heavy atom. The van der Waals surface area contributed by atoms with Gasteiger partial charge >= 0.3 is 0 Å². The van der Waals surface area contributed by atoms with E-state index in [4.69, 9.17) is 4.98 Å². The van der Waals surface area contributed by atoms with Gasteiger partial charge in [-0.05, 0) is 43.2 Å². The quantitative estimate of drug-likeness (QED) is 0.267. The van der Waals surface area contributed by atoms with Gasteiger partial charge in [-0.2, -0.15) is 0 Å². The minimum Gasteiger partial charge on any atom is -0.353 e. The molecule has 0 amide bonds. The summed E-state index contributed by atoms with van der Waals surface area (Å²) in [7, 11) is -5.50. The van der Waals surface area contributed by atoms with Gasteiger partial charge in [0.15, 0.2) is 10.0 Å². The van der Waals surface area contributed by atoms with Crippen molar-refractivity contribution in [1.82, 2.24) is 15.0 Å².